The van der Waals surface area contributed by atoms with Crippen molar-refractivity contribution < 1.29 is 9.72 Å². The van der Waals surface area contributed by atoms with Gasteiger partial charge in [-0.1, -0.05) is 30.3 Å². The fourth-order valence-electron chi connectivity index (χ4n) is 2.78. The van der Waals surface area contributed by atoms with Crippen molar-refractivity contribution >= 4 is 17.3 Å². The molecule has 0 aliphatic rings. The molecule has 2 heterocycles. The molecule has 2 aromatic heterocycles. The van der Waals surface area contributed by atoms with Gasteiger partial charge in [0.05, 0.1) is 28.5 Å². The van der Waals surface area contributed by atoms with Gasteiger partial charge in [0.15, 0.2) is 0 Å². The minimum absolute atomic E-state index is 0.0933. The molecule has 3 rings (SSSR count). The number of rotatable bonds is 7. The lowest BCUT2D eigenvalue weighted by Gasteiger charge is -2.07. The van der Waals surface area contributed by atoms with E-state index in [4.69, 9.17) is 0 Å². The van der Waals surface area contributed by atoms with Crippen molar-refractivity contribution in [1.82, 2.24) is 19.6 Å². The molecule has 9 nitrogen and oxygen atoms in total. The number of nitrogens with one attached hydrogen (secondary N) is 1. The van der Waals surface area contributed by atoms with Gasteiger partial charge in [-0.3, -0.25) is 24.3 Å². The predicted octanol–water partition coefficient (Wildman–Crippen LogP) is 2.68. The Morgan fingerprint density at radius 3 is 2.67 bits per heavy atom. The molecule has 0 radical (unpaired) electrons. The maximum Gasteiger partial charge on any atom is 0.306 e. The summed E-state index contributed by atoms with van der Waals surface area (Å²) >= 11 is 0. The molecule has 0 aliphatic carbocycles. The second-order valence-electron chi connectivity index (χ2n) is 6.21. The smallest absolute Gasteiger partial charge is 0.306 e. The molecule has 0 unspecified atom stereocenters. The lowest BCUT2D eigenvalue weighted by Crippen LogP contribution is -2.15. The van der Waals surface area contributed by atoms with E-state index in [1.807, 2.05) is 48.9 Å². The molecule has 140 valence electrons. The van der Waals surface area contributed by atoms with E-state index in [-0.39, 0.29) is 24.6 Å². The van der Waals surface area contributed by atoms with E-state index in [9.17, 15) is 14.9 Å². The van der Waals surface area contributed by atoms with Gasteiger partial charge in [0, 0.05) is 13.0 Å². The van der Waals surface area contributed by atoms with Gasteiger partial charge in [-0.2, -0.15) is 10.2 Å². The van der Waals surface area contributed by atoms with Crippen molar-refractivity contribution in [1.29, 1.82) is 0 Å². The summed E-state index contributed by atoms with van der Waals surface area (Å²) in [6.07, 6.45) is 2.63. The number of nitro groups is 1. The largest absolute Gasteiger partial charge is 0.323 e. The molecular weight excluding hydrogens is 348 g/mol. The number of aryl methyl sites for hydroxylation is 2. The number of benzene rings is 1. The summed E-state index contributed by atoms with van der Waals surface area (Å²) in [4.78, 5) is 22.4. The lowest BCUT2D eigenvalue weighted by molar-refractivity contribution is -0.385. The summed E-state index contributed by atoms with van der Waals surface area (Å²) in [5, 5.41) is 21.9. The number of aromatic nitrogens is 4. The van der Waals surface area contributed by atoms with Gasteiger partial charge >= 0.3 is 5.69 Å². The second kappa shape index (κ2) is 7.81. The first kappa shape index (κ1) is 18.3. The molecule has 0 saturated carbocycles. The van der Waals surface area contributed by atoms with Crippen LogP contribution in [0.5, 0.6) is 0 Å². The molecule has 9 heteroatoms. The third kappa shape index (κ3) is 4.38. The number of amides is 1. The number of carbonyl (C=O) groups is 1. The SMILES string of the molecule is Cc1nn(Cc2ccccc2)c(C)c1NC(=O)CCn1cc([N+](=O)[O-])cn1. The van der Waals surface area contributed by atoms with Gasteiger partial charge in [0.25, 0.3) is 0 Å². The van der Waals surface area contributed by atoms with E-state index >= 15 is 0 Å². The van der Waals surface area contributed by atoms with E-state index in [2.05, 4.69) is 15.5 Å². The van der Waals surface area contributed by atoms with Crippen LogP contribution in [0.15, 0.2) is 42.7 Å². The Morgan fingerprint density at radius 1 is 1.26 bits per heavy atom. The van der Waals surface area contributed by atoms with Crippen LogP contribution in [-0.2, 0) is 17.9 Å². The highest BCUT2D eigenvalue weighted by Gasteiger charge is 2.15. The van der Waals surface area contributed by atoms with Crippen LogP contribution >= 0.6 is 0 Å². The fraction of sp³-hybridized carbons (Fsp3) is 0.278. The number of anilines is 1. The molecular formula is C18H20N6O3. The first-order chi connectivity index (χ1) is 12.9. The second-order valence-corrected chi connectivity index (χ2v) is 6.21. The van der Waals surface area contributed by atoms with Crippen molar-refractivity contribution in [3.63, 3.8) is 0 Å². The average Bonchev–Trinajstić information content (AvgIpc) is 3.22. The monoisotopic (exact) mass is 368 g/mol. The van der Waals surface area contributed by atoms with E-state index < -0.39 is 4.92 Å². The van der Waals surface area contributed by atoms with Crippen LogP contribution in [0.25, 0.3) is 0 Å². The summed E-state index contributed by atoms with van der Waals surface area (Å²) in [5.74, 6) is -0.196. The van der Waals surface area contributed by atoms with Crippen LogP contribution in [0, 0.1) is 24.0 Å². The van der Waals surface area contributed by atoms with Gasteiger partial charge in [-0.15, -0.1) is 0 Å². The van der Waals surface area contributed by atoms with E-state index in [1.54, 1.807) is 0 Å². The van der Waals surface area contributed by atoms with Crippen LogP contribution in [0.2, 0.25) is 0 Å². The number of hydrogen-bond acceptors (Lipinski definition) is 5. The number of nitrogens with zero attached hydrogens (tertiary/aromatic N) is 5. The van der Waals surface area contributed by atoms with Crippen LogP contribution in [0.1, 0.15) is 23.4 Å². The molecule has 0 spiro atoms. The Hall–Kier alpha value is -3.49. The Bertz CT molecular complexity index is 961. The third-order valence-corrected chi connectivity index (χ3v) is 4.22. The average molecular weight is 368 g/mol. The van der Waals surface area contributed by atoms with Gasteiger partial charge in [0.1, 0.15) is 12.4 Å². The molecule has 0 saturated heterocycles. The molecule has 0 aliphatic heterocycles. The van der Waals surface area contributed by atoms with Crippen LogP contribution in [0.3, 0.4) is 0 Å². The molecule has 1 amide bonds. The van der Waals surface area contributed by atoms with E-state index in [0.29, 0.717) is 12.2 Å². The van der Waals surface area contributed by atoms with Crippen LogP contribution in [-0.4, -0.2) is 30.4 Å². The van der Waals surface area contributed by atoms with Crippen LogP contribution in [0.4, 0.5) is 11.4 Å². The normalized spacial score (nSPS) is 10.7. The van der Waals surface area contributed by atoms with E-state index in [0.717, 1.165) is 17.0 Å². The highest BCUT2D eigenvalue weighted by atomic mass is 16.6. The molecule has 0 fully saturated rings. The molecule has 1 aromatic carbocycles. The molecule has 3 aromatic rings. The summed E-state index contributed by atoms with van der Waals surface area (Å²) < 4.78 is 3.24. The molecule has 0 bridgehead atoms. The minimum atomic E-state index is -0.516. The Kier molecular flexibility index (Phi) is 5.30. The minimum Gasteiger partial charge on any atom is -0.323 e. The number of carbonyl (C=O) groups excluding carboxylic acids is 1. The van der Waals surface area contributed by atoms with Gasteiger partial charge in [-0.05, 0) is 19.4 Å². The zero-order valence-electron chi connectivity index (χ0n) is 15.1. The quantitative estimate of drug-likeness (QED) is 0.509. The zero-order valence-corrected chi connectivity index (χ0v) is 15.1. The highest BCUT2D eigenvalue weighted by molar-refractivity contribution is 5.91. The standard InChI is InChI=1S/C18H20N6O3/c1-13-18(14(2)23(21-13)11-15-6-4-3-5-7-15)20-17(25)8-9-22-12-16(10-19-22)24(26)27/h3-7,10,12H,8-9,11H2,1-2H3,(H,20,25). The summed E-state index contributed by atoms with van der Waals surface area (Å²) in [6.45, 7) is 4.65. The topological polar surface area (TPSA) is 108 Å². The van der Waals surface area contributed by atoms with E-state index in [1.165, 1.54) is 17.1 Å². The highest BCUT2D eigenvalue weighted by Crippen LogP contribution is 2.20. The van der Waals surface area contributed by atoms with Gasteiger partial charge in [0.2, 0.25) is 5.91 Å². The maximum atomic E-state index is 12.3. The molecule has 27 heavy (non-hydrogen) atoms. The summed E-state index contributed by atoms with van der Waals surface area (Å²) in [5.41, 5.74) is 3.35. The molecule has 1 N–H and O–H groups in total. The van der Waals surface area contributed by atoms with Crippen molar-refractivity contribution in [2.45, 2.75) is 33.4 Å². The summed E-state index contributed by atoms with van der Waals surface area (Å²) in [6, 6.07) is 9.97. The first-order valence-corrected chi connectivity index (χ1v) is 8.48. The lowest BCUT2D eigenvalue weighted by atomic mass is 10.2. The van der Waals surface area contributed by atoms with Gasteiger partial charge < -0.3 is 5.32 Å². The Morgan fingerprint density at radius 2 is 2.00 bits per heavy atom. The number of hydrogen-bond donors (Lipinski definition) is 1. The summed E-state index contributed by atoms with van der Waals surface area (Å²) in [7, 11) is 0. The van der Waals surface area contributed by atoms with Crippen molar-refractivity contribution in [3.05, 3.63) is 69.8 Å². The zero-order chi connectivity index (χ0) is 19.4. The first-order valence-electron chi connectivity index (χ1n) is 8.48. The van der Waals surface area contributed by atoms with Crippen molar-refractivity contribution in [2.24, 2.45) is 0 Å². The Labute approximate surface area is 155 Å². The maximum absolute atomic E-state index is 12.3. The van der Waals surface area contributed by atoms with Gasteiger partial charge in [-0.25, -0.2) is 0 Å². The third-order valence-electron chi connectivity index (χ3n) is 4.22. The molecule has 0 atom stereocenters. The Balaban J connectivity index is 1.62. The van der Waals surface area contributed by atoms with Crippen molar-refractivity contribution in [2.75, 3.05) is 5.32 Å². The predicted molar refractivity (Wildman–Crippen MR) is 99.4 cm³/mol. The van der Waals surface area contributed by atoms with Crippen LogP contribution < -0.4 is 5.32 Å². The van der Waals surface area contributed by atoms with Crippen molar-refractivity contribution in [3.8, 4) is 0 Å². The fourth-order valence-corrected chi connectivity index (χ4v) is 2.78.